The van der Waals surface area contributed by atoms with Crippen LogP contribution in [0, 0.1) is 0 Å². The molecule has 0 spiro atoms. The van der Waals surface area contributed by atoms with Crippen LogP contribution in [0.1, 0.15) is 13.8 Å². The Morgan fingerprint density at radius 2 is 2.00 bits per heavy atom. The van der Waals surface area contributed by atoms with E-state index in [-0.39, 0.29) is 16.6 Å². The van der Waals surface area contributed by atoms with Crippen molar-refractivity contribution in [2.24, 2.45) is 0 Å². The van der Waals surface area contributed by atoms with Crippen LogP contribution in [0.25, 0.3) is 0 Å². The first-order valence-electron chi connectivity index (χ1n) is 4.79. The van der Waals surface area contributed by atoms with Gasteiger partial charge in [-0.1, -0.05) is 0 Å². The third-order valence-corrected chi connectivity index (χ3v) is 3.75. The number of carbonyl (C=O) groups excluding carboxylic acids is 1. The molecule has 0 fully saturated rings. The van der Waals surface area contributed by atoms with Crippen LogP contribution < -0.4 is 10.1 Å². The highest BCUT2D eigenvalue weighted by molar-refractivity contribution is 8.13. The number of rotatable bonds is 1. The number of hydrogen-bond acceptors (Lipinski definition) is 4. The summed E-state index contributed by atoms with van der Waals surface area (Å²) in [6, 6.07) is 4.04. The molecule has 0 aromatic heterocycles. The van der Waals surface area contributed by atoms with Crippen LogP contribution in [0.4, 0.5) is 5.69 Å². The number of amides is 1. The first kappa shape index (κ1) is 12.2. The SMILES string of the molecule is CC1(C)Oc2cc(S(=O)(=O)Cl)ccc2NC1=O. The van der Waals surface area contributed by atoms with Crippen molar-refractivity contribution in [3.63, 3.8) is 0 Å². The average molecular weight is 276 g/mol. The van der Waals surface area contributed by atoms with Crippen molar-refractivity contribution in [1.29, 1.82) is 0 Å². The molecular formula is C10H10ClNO4S. The molecule has 92 valence electrons. The monoisotopic (exact) mass is 275 g/mol. The van der Waals surface area contributed by atoms with E-state index in [1.807, 2.05) is 0 Å². The second kappa shape index (κ2) is 3.61. The molecule has 0 saturated heterocycles. The molecule has 0 saturated carbocycles. The van der Waals surface area contributed by atoms with Crippen LogP contribution in [-0.4, -0.2) is 19.9 Å². The molecule has 17 heavy (non-hydrogen) atoms. The van der Waals surface area contributed by atoms with E-state index in [1.54, 1.807) is 13.8 Å². The van der Waals surface area contributed by atoms with Gasteiger partial charge in [-0.3, -0.25) is 4.79 Å². The number of fused-ring (bicyclic) bond motifs is 1. The number of halogens is 1. The van der Waals surface area contributed by atoms with E-state index in [2.05, 4.69) is 5.32 Å². The molecular weight excluding hydrogens is 266 g/mol. The van der Waals surface area contributed by atoms with E-state index in [4.69, 9.17) is 15.4 Å². The highest BCUT2D eigenvalue weighted by Crippen LogP contribution is 2.35. The molecule has 0 radical (unpaired) electrons. The first-order valence-corrected chi connectivity index (χ1v) is 7.10. The summed E-state index contributed by atoms with van der Waals surface area (Å²) in [5.74, 6) is 0.00260. The summed E-state index contributed by atoms with van der Waals surface area (Å²) < 4.78 is 27.8. The zero-order valence-corrected chi connectivity index (χ0v) is 10.7. The Labute approximate surface area is 103 Å². The lowest BCUT2D eigenvalue weighted by Gasteiger charge is -2.31. The van der Waals surface area contributed by atoms with Gasteiger partial charge in [0.2, 0.25) is 0 Å². The smallest absolute Gasteiger partial charge is 0.268 e. The zero-order chi connectivity index (χ0) is 12.8. The molecule has 1 N–H and O–H groups in total. The number of benzene rings is 1. The maximum absolute atomic E-state index is 11.6. The maximum atomic E-state index is 11.6. The van der Waals surface area contributed by atoms with Crippen LogP contribution in [0.2, 0.25) is 0 Å². The van der Waals surface area contributed by atoms with Gasteiger partial charge in [0.1, 0.15) is 5.75 Å². The Morgan fingerprint density at radius 3 is 2.59 bits per heavy atom. The van der Waals surface area contributed by atoms with Crippen LogP contribution in [-0.2, 0) is 13.8 Å². The predicted molar refractivity (Wildman–Crippen MR) is 62.8 cm³/mol. The van der Waals surface area contributed by atoms with Gasteiger partial charge in [0.15, 0.2) is 5.60 Å². The Balaban J connectivity index is 2.52. The summed E-state index contributed by atoms with van der Waals surface area (Å²) in [6.07, 6.45) is 0. The zero-order valence-electron chi connectivity index (χ0n) is 9.15. The van der Waals surface area contributed by atoms with Crippen molar-refractivity contribution in [3.8, 4) is 5.75 Å². The summed E-state index contributed by atoms with van der Waals surface area (Å²) in [4.78, 5) is 11.5. The van der Waals surface area contributed by atoms with Gasteiger partial charge in [-0.05, 0) is 26.0 Å². The van der Waals surface area contributed by atoms with Gasteiger partial charge in [-0.25, -0.2) is 8.42 Å². The Kier molecular flexibility index (Phi) is 2.59. The van der Waals surface area contributed by atoms with Crippen molar-refractivity contribution < 1.29 is 17.9 Å². The van der Waals surface area contributed by atoms with Gasteiger partial charge in [0.05, 0.1) is 10.6 Å². The quantitative estimate of drug-likeness (QED) is 0.792. The average Bonchev–Trinajstić information content (AvgIpc) is 2.17. The number of ether oxygens (including phenoxy) is 1. The molecule has 0 unspecified atom stereocenters. The summed E-state index contributed by atoms with van der Waals surface area (Å²) in [6.45, 7) is 3.18. The van der Waals surface area contributed by atoms with Gasteiger partial charge >= 0.3 is 0 Å². The van der Waals surface area contributed by atoms with Gasteiger partial charge in [-0.15, -0.1) is 0 Å². The highest BCUT2D eigenvalue weighted by atomic mass is 35.7. The van der Waals surface area contributed by atoms with Gasteiger partial charge in [0.25, 0.3) is 15.0 Å². The van der Waals surface area contributed by atoms with E-state index in [1.165, 1.54) is 18.2 Å². The minimum absolute atomic E-state index is 0.0649. The van der Waals surface area contributed by atoms with Crippen molar-refractivity contribution in [3.05, 3.63) is 18.2 Å². The topological polar surface area (TPSA) is 72.5 Å². The van der Waals surface area contributed by atoms with Crippen molar-refractivity contribution in [1.82, 2.24) is 0 Å². The predicted octanol–water partition coefficient (Wildman–Crippen LogP) is 1.72. The molecule has 1 aliphatic heterocycles. The Morgan fingerprint density at radius 1 is 1.35 bits per heavy atom. The van der Waals surface area contributed by atoms with Gasteiger partial charge < -0.3 is 10.1 Å². The molecule has 1 aromatic carbocycles. The first-order chi connectivity index (χ1) is 7.70. The van der Waals surface area contributed by atoms with E-state index in [9.17, 15) is 13.2 Å². The fourth-order valence-electron chi connectivity index (χ4n) is 1.44. The van der Waals surface area contributed by atoms with Crippen molar-refractivity contribution in [2.75, 3.05) is 5.32 Å². The van der Waals surface area contributed by atoms with Gasteiger partial charge in [0, 0.05) is 16.7 Å². The Bertz CT molecular complexity index is 594. The Hall–Kier alpha value is -1.27. The number of carbonyl (C=O) groups is 1. The molecule has 2 rings (SSSR count). The van der Waals surface area contributed by atoms with Gasteiger partial charge in [-0.2, -0.15) is 0 Å². The fraction of sp³-hybridized carbons (Fsp3) is 0.300. The van der Waals surface area contributed by atoms with Crippen molar-refractivity contribution in [2.45, 2.75) is 24.3 Å². The minimum Gasteiger partial charge on any atom is -0.476 e. The van der Waals surface area contributed by atoms with Crippen molar-refractivity contribution >= 4 is 31.3 Å². The second-order valence-corrected chi connectivity index (χ2v) is 6.73. The largest absolute Gasteiger partial charge is 0.476 e. The molecule has 0 bridgehead atoms. The number of anilines is 1. The van der Waals surface area contributed by atoms with E-state index in [0.29, 0.717) is 5.69 Å². The summed E-state index contributed by atoms with van der Waals surface area (Å²) in [5, 5.41) is 2.63. The molecule has 1 aromatic rings. The molecule has 5 nitrogen and oxygen atoms in total. The lowest BCUT2D eigenvalue weighted by molar-refractivity contribution is -0.129. The standard InChI is InChI=1S/C10H10ClNO4S/c1-10(2)9(13)12-7-4-3-6(17(11,14)15)5-8(7)16-10/h3-5H,1-2H3,(H,12,13). The van der Waals surface area contributed by atoms with E-state index in [0.717, 1.165) is 0 Å². The minimum atomic E-state index is -3.81. The lowest BCUT2D eigenvalue weighted by Crippen LogP contribution is -2.45. The summed E-state index contributed by atoms with van der Waals surface area (Å²) in [5.41, 5.74) is -0.611. The second-order valence-electron chi connectivity index (χ2n) is 4.16. The molecule has 1 heterocycles. The molecule has 0 atom stereocenters. The number of hydrogen-bond donors (Lipinski definition) is 1. The molecule has 1 amide bonds. The summed E-state index contributed by atoms with van der Waals surface area (Å²) >= 11 is 0. The van der Waals surface area contributed by atoms with Crippen LogP contribution in [0.5, 0.6) is 5.75 Å². The lowest BCUT2D eigenvalue weighted by atomic mass is 10.1. The maximum Gasteiger partial charge on any atom is 0.268 e. The third-order valence-electron chi connectivity index (χ3n) is 2.39. The number of nitrogens with one attached hydrogen (secondary N) is 1. The van der Waals surface area contributed by atoms with E-state index < -0.39 is 14.7 Å². The molecule has 1 aliphatic rings. The molecule has 7 heteroatoms. The van der Waals surface area contributed by atoms with Crippen LogP contribution in [0.3, 0.4) is 0 Å². The fourth-order valence-corrected chi connectivity index (χ4v) is 2.20. The molecule has 0 aliphatic carbocycles. The van der Waals surface area contributed by atoms with Crippen LogP contribution >= 0.6 is 10.7 Å². The normalized spacial score (nSPS) is 17.9. The highest BCUT2D eigenvalue weighted by Gasteiger charge is 2.35. The van der Waals surface area contributed by atoms with Crippen LogP contribution in [0.15, 0.2) is 23.1 Å². The third kappa shape index (κ3) is 2.23. The van der Waals surface area contributed by atoms with E-state index >= 15 is 0 Å². The summed E-state index contributed by atoms with van der Waals surface area (Å²) in [7, 11) is 1.42.